The van der Waals surface area contributed by atoms with Crippen LogP contribution in [0.25, 0.3) is 5.57 Å². The van der Waals surface area contributed by atoms with Crippen LogP contribution in [0.1, 0.15) is 43.4 Å². The van der Waals surface area contributed by atoms with E-state index in [0.29, 0.717) is 6.04 Å². The molecule has 1 aromatic carbocycles. The number of hydrogen-bond acceptors (Lipinski definition) is 5. The van der Waals surface area contributed by atoms with Crippen LogP contribution in [-0.2, 0) is 0 Å². The third-order valence-corrected chi connectivity index (χ3v) is 8.85. The van der Waals surface area contributed by atoms with Crippen LogP contribution < -0.4 is 9.38 Å². The molecule has 3 aromatic rings. The second-order valence-corrected chi connectivity index (χ2v) is 10.8. The summed E-state index contributed by atoms with van der Waals surface area (Å²) in [4.78, 5) is 12.8. The number of thioether (sulfide) groups is 1. The number of pyridine rings is 1. The molecule has 0 amide bonds. The van der Waals surface area contributed by atoms with Gasteiger partial charge in [-0.1, -0.05) is 11.6 Å². The molecule has 166 valence electrons. The Hall–Kier alpha value is -2.15. The second-order valence-electron chi connectivity index (χ2n) is 9.07. The first-order valence-corrected chi connectivity index (χ1v) is 13.5. The largest absolute Gasteiger partial charge is 0.343 e. The molecule has 0 spiro atoms. The fourth-order valence-electron chi connectivity index (χ4n) is 5.43. The van der Waals surface area contributed by atoms with Crippen LogP contribution >= 0.6 is 23.1 Å². The van der Waals surface area contributed by atoms with Gasteiger partial charge in [0, 0.05) is 61.5 Å². The van der Waals surface area contributed by atoms with E-state index in [1.165, 1.54) is 52.2 Å². The molecule has 4 heterocycles. The highest BCUT2D eigenvalue weighted by Crippen LogP contribution is 2.46. The zero-order chi connectivity index (χ0) is 22.1. The molecule has 0 N–H and O–H groups in total. The summed E-state index contributed by atoms with van der Waals surface area (Å²) in [5.41, 5.74) is 7.13. The molecule has 6 heteroatoms. The molecule has 2 aromatic heterocycles. The fourth-order valence-corrected chi connectivity index (χ4v) is 6.83. The molecule has 2 unspecified atom stereocenters. The smallest absolute Gasteiger partial charge is 0.185 e. The third kappa shape index (κ3) is 3.89. The van der Waals surface area contributed by atoms with Crippen LogP contribution in [-0.4, -0.2) is 42.9 Å². The Labute approximate surface area is 199 Å². The van der Waals surface area contributed by atoms with E-state index >= 15 is 0 Å². The monoisotopic (exact) mass is 463 g/mol. The molecule has 1 fully saturated rings. The quantitative estimate of drug-likeness (QED) is 0.323. The molecule has 0 radical (unpaired) electrons. The molecule has 32 heavy (non-hydrogen) atoms. The maximum Gasteiger partial charge on any atom is 0.185 e. The van der Waals surface area contributed by atoms with Crippen molar-refractivity contribution in [3.8, 4) is 0 Å². The predicted octanol–water partition coefficient (Wildman–Crippen LogP) is 6.42. The zero-order valence-electron chi connectivity index (χ0n) is 19.1. The van der Waals surface area contributed by atoms with E-state index in [2.05, 4.69) is 77.0 Å². The number of hydrogen-bond donors (Lipinski definition) is 0. The molecule has 0 aliphatic carbocycles. The van der Waals surface area contributed by atoms with E-state index in [1.54, 1.807) is 11.3 Å². The van der Waals surface area contributed by atoms with E-state index in [4.69, 9.17) is 0 Å². The van der Waals surface area contributed by atoms with Gasteiger partial charge in [0.2, 0.25) is 0 Å². The highest BCUT2D eigenvalue weighted by atomic mass is 32.2. The minimum absolute atomic E-state index is 0.469. The molecule has 2 atom stereocenters. The summed E-state index contributed by atoms with van der Waals surface area (Å²) >= 11 is 3.61. The first-order chi connectivity index (χ1) is 15.6. The summed E-state index contributed by atoms with van der Waals surface area (Å²) < 4.78 is 0.964. The van der Waals surface area contributed by atoms with E-state index < -0.39 is 0 Å². The Kier molecular flexibility index (Phi) is 6.10. The number of aromatic nitrogens is 2. The maximum absolute atomic E-state index is 4.55. The standard InChI is InChI=1S/C26H31N4S2/c1-19-10-13-29(26-28-12-15-32-26)18-22(19)20-8-9-24(25(16-20)31-3)30(2)14-5-7-23(30)21-6-4-11-27-17-21/h4,6,8-9,11-12,15-17,23H,5,7,10,13-14,18H2,1-3H3/q+1. The highest BCUT2D eigenvalue weighted by Gasteiger charge is 2.42. The van der Waals surface area contributed by atoms with Crippen LogP contribution in [0.4, 0.5) is 10.8 Å². The average Bonchev–Trinajstić information content (AvgIpc) is 3.50. The minimum Gasteiger partial charge on any atom is -0.343 e. The number of benzene rings is 1. The van der Waals surface area contributed by atoms with Gasteiger partial charge in [-0.15, -0.1) is 23.1 Å². The van der Waals surface area contributed by atoms with Crippen LogP contribution in [0, 0.1) is 0 Å². The third-order valence-electron chi connectivity index (χ3n) is 7.25. The van der Waals surface area contributed by atoms with Crippen LogP contribution in [0.3, 0.4) is 0 Å². The van der Waals surface area contributed by atoms with E-state index in [1.807, 2.05) is 24.2 Å². The van der Waals surface area contributed by atoms with Crippen molar-refractivity contribution in [2.45, 2.75) is 37.1 Å². The fraction of sp³-hybridized carbons (Fsp3) is 0.385. The van der Waals surface area contributed by atoms with Gasteiger partial charge in [-0.3, -0.25) is 9.47 Å². The summed E-state index contributed by atoms with van der Waals surface area (Å²) in [5.74, 6) is 0. The number of anilines is 1. The number of thiazole rings is 1. The van der Waals surface area contributed by atoms with Gasteiger partial charge in [0.1, 0.15) is 11.7 Å². The molecule has 2 aliphatic rings. The van der Waals surface area contributed by atoms with Gasteiger partial charge in [0.25, 0.3) is 0 Å². The molecule has 0 bridgehead atoms. The Morgan fingerprint density at radius 1 is 1.22 bits per heavy atom. The van der Waals surface area contributed by atoms with Crippen molar-refractivity contribution < 1.29 is 0 Å². The molecule has 2 aliphatic heterocycles. The van der Waals surface area contributed by atoms with Crippen molar-refractivity contribution in [2.24, 2.45) is 0 Å². The number of rotatable bonds is 5. The molecular weight excluding hydrogens is 432 g/mol. The van der Waals surface area contributed by atoms with Gasteiger partial charge in [-0.05, 0) is 48.9 Å². The van der Waals surface area contributed by atoms with Gasteiger partial charge < -0.3 is 4.90 Å². The Morgan fingerprint density at radius 3 is 2.88 bits per heavy atom. The molecular formula is C26H31N4S2+. The maximum atomic E-state index is 4.55. The molecule has 5 rings (SSSR count). The minimum atomic E-state index is 0.469. The van der Waals surface area contributed by atoms with Crippen molar-refractivity contribution in [1.82, 2.24) is 14.5 Å². The van der Waals surface area contributed by atoms with Crippen molar-refractivity contribution >= 4 is 39.5 Å². The van der Waals surface area contributed by atoms with Gasteiger partial charge >= 0.3 is 0 Å². The predicted molar refractivity (Wildman–Crippen MR) is 139 cm³/mol. The Morgan fingerprint density at radius 2 is 2.12 bits per heavy atom. The van der Waals surface area contributed by atoms with Gasteiger partial charge in [0.15, 0.2) is 5.13 Å². The highest BCUT2D eigenvalue weighted by molar-refractivity contribution is 7.98. The van der Waals surface area contributed by atoms with Crippen LogP contribution in [0.5, 0.6) is 0 Å². The van der Waals surface area contributed by atoms with Gasteiger partial charge in [-0.25, -0.2) is 4.98 Å². The zero-order valence-corrected chi connectivity index (χ0v) is 20.8. The molecule has 0 saturated carbocycles. The first-order valence-electron chi connectivity index (χ1n) is 11.4. The number of likely N-dealkylation sites (tertiary alicyclic amines) is 1. The first kappa shape index (κ1) is 21.7. The summed E-state index contributed by atoms with van der Waals surface area (Å²) in [7, 11) is 2.41. The summed E-state index contributed by atoms with van der Waals surface area (Å²) in [6.07, 6.45) is 11.6. The molecule has 1 saturated heterocycles. The lowest BCUT2D eigenvalue weighted by Crippen LogP contribution is -2.44. The topological polar surface area (TPSA) is 29.0 Å². The molecule has 4 nitrogen and oxygen atoms in total. The van der Waals surface area contributed by atoms with Crippen molar-refractivity contribution in [3.05, 3.63) is 71.0 Å². The van der Waals surface area contributed by atoms with Gasteiger partial charge in [0.05, 0.1) is 18.5 Å². The van der Waals surface area contributed by atoms with E-state index in [-0.39, 0.29) is 0 Å². The average molecular weight is 464 g/mol. The van der Waals surface area contributed by atoms with Crippen molar-refractivity contribution in [3.63, 3.8) is 0 Å². The summed E-state index contributed by atoms with van der Waals surface area (Å²) in [6.45, 7) is 5.47. The Bertz CT molecular complexity index is 1110. The Balaban J connectivity index is 1.49. The number of quaternary nitrogens is 1. The van der Waals surface area contributed by atoms with E-state index in [9.17, 15) is 0 Å². The summed E-state index contributed by atoms with van der Waals surface area (Å²) in [5, 5.41) is 3.20. The lowest BCUT2D eigenvalue weighted by atomic mass is 9.94. The SMILES string of the molecule is CSc1cc(C2=C(C)CCN(c3nccs3)C2)ccc1[N+]1(C)CCCC1c1cccnc1. The van der Waals surface area contributed by atoms with Crippen molar-refractivity contribution in [2.75, 3.05) is 37.8 Å². The van der Waals surface area contributed by atoms with Gasteiger partial charge in [-0.2, -0.15) is 0 Å². The lowest BCUT2D eigenvalue weighted by molar-refractivity contribution is 0.307. The van der Waals surface area contributed by atoms with Crippen LogP contribution in [0.2, 0.25) is 0 Å². The second kappa shape index (κ2) is 9.00. The van der Waals surface area contributed by atoms with Crippen LogP contribution in [0.15, 0.2) is 64.8 Å². The summed E-state index contributed by atoms with van der Waals surface area (Å²) in [6, 6.07) is 12.0. The van der Waals surface area contributed by atoms with Crippen molar-refractivity contribution in [1.29, 1.82) is 0 Å². The number of nitrogens with zero attached hydrogens (tertiary/aromatic N) is 4. The normalized spacial score (nSPS) is 23.7. The van der Waals surface area contributed by atoms with E-state index in [0.717, 1.165) is 29.1 Å². The lowest BCUT2D eigenvalue weighted by Gasteiger charge is -2.37.